The summed E-state index contributed by atoms with van der Waals surface area (Å²) in [4.78, 5) is 15.1. The van der Waals surface area contributed by atoms with E-state index in [2.05, 4.69) is 24.4 Å². The zero-order valence-electron chi connectivity index (χ0n) is 14.1. The molecule has 0 radical (unpaired) electrons. The predicted octanol–water partition coefficient (Wildman–Crippen LogP) is 4.89. The fourth-order valence-corrected chi connectivity index (χ4v) is 3.43. The predicted molar refractivity (Wildman–Crippen MR) is 102 cm³/mol. The normalized spacial score (nSPS) is 17.6. The van der Waals surface area contributed by atoms with Crippen molar-refractivity contribution in [3.63, 3.8) is 0 Å². The van der Waals surface area contributed by atoms with Crippen molar-refractivity contribution in [2.45, 2.75) is 19.0 Å². The van der Waals surface area contributed by atoms with Gasteiger partial charge in [-0.3, -0.25) is 9.69 Å². The number of para-hydroxylation sites is 2. The van der Waals surface area contributed by atoms with Crippen molar-refractivity contribution >= 4 is 17.3 Å². The van der Waals surface area contributed by atoms with Gasteiger partial charge in [-0.25, -0.2) is 0 Å². The van der Waals surface area contributed by atoms with Crippen LogP contribution in [0.4, 0.5) is 11.4 Å². The number of nitrogens with one attached hydrogen (secondary N) is 1. The summed E-state index contributed by atoms with van der Waals surface area (Å²) in [5.74, 6) is 0.173. The molecule has 2 unspecified atom stereocenters. The van der Waals surface area contributed by atoms with Crippen molar-refractivity contribution in [2.75, 3.05) is 10.2 Å². The van der Waals surface area contributed by atoms with Gasteiger partial charge in [0.25, 0.3) is 5.91 Å². The number of carbonyl (C=O) groups excluding carboxylic acids is 1. The highest BCUT2D eigenvalue weighted by molar-refractivity contribution is 6.12. The monoisotopic (exact) mass is 328 g/mol. The van der Waals surface area contributed by atoms with Gasteiger partial charge in [0.15, 0.2) is 0 Å². The van der Waals surface area contributed by atoms with Crippen LogP contribution in [0.5, 0.6) is 0 Å². The molecular weight excluding hydrogens is 308 g/mol. The molecule has 0 saturated carbocycles. The average molecular weight is 328 g/mol. The van der Waals surface area contributed by atoms with Crippen LogP contribution < -0.4 is 10.2 Å². The number of amides is 1. The topological polar surface area (TPSA) is 32.3 Å². The maximum Gasteiger partial charge on any atom is 0.262 e. The molecule has 3 heteroatoms. The summed E-state index contributed by atoms with van der Waals surface area (Å²) in [6.07, 6.45) is -0.146. The first-order valence-corrected chi connectivity index (χ1v) is 8.55. The van der Waals surface area contributed by atoms with Crippen LogP contribution in [0.25, 0.3) is 0 Å². The molecule has 3 aromatic carbocycles. The Morgan fingerprint density at radius 2 is 1.44 bits per heavy atom. The quantitative estimate of drug-likeness (QED) is 0.742. The molecule has 1 heterocycles. The lowest BCUT2D eigenvalue weighted by Crippen LogP contribution is -2.51. The van der Waals surface area contributed by atoms with E-state index in [9.17, 15) is 4.79 Å². The number of hydrogen-bond acceptors (Lipinski definition) is 2. The summed E-state index contributed by atoms with van der Waals surface area (Å²) < 4.78 is 0. The molecule has 4 rings (SSSR count). The number of benzene rings is 3. The van der Waals surface area contributed by atoms with Gasteiger partial charge in [0.1, 0.15) is 6.17 Å². The lowest BCUT2D eigenvalue weighted by atomic mass is 9.93. The van der Waals surface area contributed by atoms with Gasteiger partial charge in [0.05, 0.1) is 5.56 Å². The molecule has 1 aliphatic rings. The van der Waals surface area contributed by atoms with Gasteiger partial charge in [-0.1, -0.05) is 67.6 Å². The number of carbonyl (C=O) groups is 1. The second-order valence-electron chi connectivity index (χ2n) is 6.34. The first-order valence-electron chi connectivity index (χ1n) is 8.55. The number of rotatable bonds is 3. The second kappa shape index (κ2) is 6.44. The molecule has 1 amide bonds. The van der Waals surface area contributed by atoms with E-state index in [1.807, 2.05) is 77.7 Å². The molecule has 3 aromatic rings. The second-order valence-corrected chi connectivity index (χ2v) is 6.34. The van der Waals surface area contributed by atoms with Gasteiger partial charge >= 0.3 is 0 Å². The SMILES string of the molecule is CC(c1ccccc1)C1Nc2ccccc2C(=O)N1c1ccccc1. The van der Waals surface area contributed by atoms with Crippen LogP contribution in [0.1, 0.15) is 28.8 Å². The first kappa shape index (κ1) is 15.5. The van der Waals surface area contributed by atoms with Crippen molar-refractivity contribution in [2.24, 2.45) is 0 Å². The Balaban J connectivity index is 1.81. The van der Waals surface area contributed by atoms with Crippen molar-refractivity contribution in [3.8, 4) is 0 Å². The molecule has 1 aliphatic heterocycles. The maximum absolute atomic E-state index is 13.2. The van der Waals surface area contributed by atoms with Crippen molar-refractivity contribution < 1.29 is 4.79 Å². The van der Waals surface area contributed by atoms with E-state index in [0.717, 1.165) is 11.4 Å². The largest absolute Gasteiger partial charge is 0.364 e. The lowest BCUT2D eigenvalue weighted by molar-refractivity contribution is 0.0972. The summed E-state index contributed by atoms with van der Waals surface area (Å²) in [5, 5.41) is 3.58. The van der Waals surface area contributed by atoms with E-state index >= 15 is 0 Å². The molecule has 1 N–H and O–H groups in total. The maximum atomic E-state index is 13.2. The lowest BCUT2D eigenvalue weighted by Gasteiger charge is -2.41. The zero-order valence-corrected chi connectivity index (χ0v) is 14.1. The minimum atomic E-state index is -0.146. The van der Waals surface area contributed by atoms with Gasteiger partial charge in [-0.15, -0.1) is 0 Å². The Morgan fingerprint density at radius 3 is 2.16 bits per heavy atom. The Morgan fingerprint density at radius 1 is 0.840 bits per heavy atom. The van der Waals surface area contributed by atoms with E-state index in [0.29, 0.717) is 5.56 Å². The summed E-state index contributed by atoms with van der Waals surface area (Å²) in [6, 6.07) is 27.9. The van der Waals surface area contributed by atoms with Crippen LogP contribution >= 0.6 is 0 Å². The zero-order chi connectivity index (χ0) is 17.2. The average Bonchev–Trinajstić information content (AvgIpc) is 2.69. The smallest absolute Gasteiger partial charge is 0.262 e. The van der Waals surface area contributed by atoms with Gasteiger partial charge in [0, 0.05) is 17.3 Å². The molecule has 0 spiro atoms. The highest BCUT2D eigenvalue weighted by atomic mass is 16.2. The molecule has 0 aromatic heterocycles. The summed E-state index contributed by atoms with van der Waals surface area (Å²) >= 11 is 0. The van der Waals surface area contributed by atoms with E-state index in [4.69, 9.17) is 0 Å². The van der Waals surface area contributed by atoms with Gasteiger partial charge < -0.3 is 5.32 Å². The van der Waals surface area contributed by atoms with Crippen molar-refractivity contribution in [1.82, 2.24) is 0 Å². The Bertz CT molecular complexity index is 877. The molecule has 25 heavy (non-hydrogen) atoms. The molecular formula is C22H20N2O. The number of nitrogens with zero attached hydrogens (tertiary/aromatic N) is 1. The van der Waals surface area contributed by atoms with Crippen LogP contribution in [-0.4, -0.2) is 12.1 Å². The fourth-order valence-electron chi connectivity index (χ4n) is 3.43. The first-order chi connectivity index (χ1) is 12.3. The Kier molecular flexibility index (Phi) is 3.98. The van der Waals surface area contributed by atoms with Crippen molar-refractivity contribution in [3.05, 3.63) is 96.1 Å². The van der Waals surface area contributed by atoms with Crippen LogP contribution in [0.15, 0.2) is 84.9 Å². The summed E-state index contributed by atoms with van der Waals surface area (Å²) in [7, 11) is 0. The van der Waals surface area contributed by atoms with E-state index in [-0.39, 0.29) is 18.0 Å². The molecule has 124 valence electrons. The number of hydrogen-bond donors (Lipinski definition) is 1. The Labute approximate surface area is 147 Å². The minimum absolute atomic E-state index is 0.0355. The van der Waals surface area contributed by atoms with Gasteiger partial charge in [0.2, 0.25) is 0 Å². The fraction of sp³-hybridized carbons (Fsp3) is 0.136. The van der Waals surface area contributed by atoms with Crippen LogP contribution in [0.3, 0.4) is 0 Å². The summed E-state index contributed by atoms with van der Waals surface area (Å²) in [6.45, 7) is 2.16. The third-order valence-corrected chi connectivity index (χ3v) is 4.79. The van der Waals surface area contributed by atoms with E-state index in [1.165, 1.54) is 5.56 Å². The molecule has 2 atom stereocenters. The summed E-state index contributed by atoms with van der Waals surface area (Å²) in [5.41, 5.74) is 3.71. The van der Waals surface area contributed by atoms with Gasteiger partial charge in [-0.2, -0.15) is 0 Å². The number of fused-ring (bicyclic) bond motifs is 1. The minimum Gasteiger partial charge on any atom is -0.364 e. The van der Waals surface area contributed by atoms with E-state index in [1.54, 1.807) is 0 Å². The highest BCUT2D eigenvalue weighted by Gasteiger charge is 2.36. The number of anilines is 2. The molecule has 0 saturated heterocycles. The Hall–Kier alpha value is -3.07. The third-order valence-electron chi connectivity index (χ3n) is 4.79. The molecule has 0 bridgehead atoms. The van der Waals surface area contributed by atoms with Crippen molar-refractivity contribution in [1.29, 1.82) is 0 Å². The van der Waals surface area contributed by atoms with Crippen LogP contribution in [-0.2, 0) is 0 Å². The molecule has 0 fully saturated rings. The van der Waals surface area contributed by atoms with Crippen LogP contribution in [0.2, 0.25) is 0 Å². The highest BCUT2D eigenvalue weighted by Crippen LogP contribution is 2.35. The molecule has 3 nitrogen and oxygen atoms in total. The van der Waals surface area contributed by atoms with Gasteiger partial charge in [-0.05, 0) is 29.8 Å². The van der Waals surface area contributed by atoms with E-state index < -0.39 is 0 Å². The molecule has 0 aliphatic carbocycles. The third kappa shape index (κ3) is 2.78. The van der Waals surface area contributed by atoms with Crippen LogP contribution in [0, 0.1) is 0 Å². The standard InChI is InChI=1S/C22H20N2O/c1-16(17-10-4-2-5-11-17)21-23-20-15-9-8-14-19(20)22(25)24(21)18-12-6-3-7-13-18/h2-16,21,23H,1H3.